The van der Waals surface area contributed by atoms with Crippen LogP contribution in [0.1, 0.15) is 10.4 Å². The first-order valence-electron chi connectivity index (χ1n) is 5.59. The van der Waals surface area contributed by atoms with Gasteiger partial charge in [-0.1, -0.05) is 0 Å². The molecule has 0 bridgehead atoms. The summed E-state index contributed by atoms with van der Waals surface area (Å²) in [4.78, 5) is 23.0. The van der Waals surface area contributed by atoms with Gasteiger partial charge in [0.2, 0.25) is 10.0 Å². The molecule has 106 valence electrons. The lowest BCUT2D eigenvalue weighted by Gasteiger charge is -2.11. The van der Waals surface area contributed by atoms with Gasteiger partial charge in [-0.2, -0.15) is 0 Å². The fourth-order valence-corrected chi connectivity index (χ4v) is 1.99. The predicted molar refractivity (Wildman–Crippen MR) is 71.5 cm³/mol. The van der Waals surface area contributed by atoms with Crippen LogP contribution in [-0.4, -0.2) is 49.6 Å². The lowest BCUT2D eigenvalue weighted by molar-refractivity contribution is 0.0955. The van der Waals surface area contributed by atoms with Crippen molar-refractivity contribution in [1.29, 1.82) is 0 Å². The fraction of sp³-hybridized carbons (Fsp3) is 0.455. The second-order valence-corrected chi connectivity index (χ2v) is 6.52. The van der Waals surface area contributed by atoms with E-state index in [9.17, 15) is 18.0 Å². The fourth-order valence-electron chi connectivity index (χ4n) is 1.27. The molecule has 1 heterocycles. The third-order valence-electron chi connectivity index (χ3n) is 2.57. The van der Waals surface area contributed by atoms with Crippen LogP contribution in [0.4, 0.5) is 0 Å². The quantitative estimate of drug-likeness (QED) is 0.753. The summed E-state index contributed by atoms with van der Waals surface area (Å²) in [6, 6.07) is 2.70. The Morgan fingerprint density at radius 1 is 1.42 bits per heavy atom. The molecular formula is C11H17N3O4S. The van der Waals surface area contributed by atoms with Crippen molar-refractivity contribution in [3.8, 4) is 0 Å². The molecule has 0 aliphatic carbocycles. The van der Waals surface area contributed by atoms with Crippen molar-refractivity contribution in [1.82, 2.24) is 14.2 Å². The van der Waals surface area contributed by atoms with E-state index in [4.69, 9.17) is 0 Å². The van der Waals surface area contributed by atoms with Crippen molar-refractivity contribution in [2.24, 2.45) is 7.05 Å². The van der Waals surface area contributed by atoms with Gasteiger partial charge in [-0.15, -0.1) is 0 Å². The second-order valence-electron chi connectivity index (χ2n) is 4.22. The minimum atomic E-state index is -3.34. The number of hydrogen-bond donors (Lipinski definition) is 1. The third kappa shape index (κ3) is 4.18. The normalized spacial score (nSPS) is 11.6. The van der Waals surface area contributed by atoms with Crippen LogP contribution >= 0.6 is 0 Å². The Kier molecular flexibility index (Phi) is 4.84. The zero-order valence-electron chi connectivity index (χ0n) is 11.1. The van der Waals surface area contributed by atoms with Gasteiger partial charge in [-0.05, 0) is 6.07 Å². The molecule has 1 rings (SSSR count). The minimum absolute atomic E-state index is 0.00540. The van der Waals surface area contributed by atoms with Crippen molar-refractivity contribution in [2.75, 3.05) is 26.4 Å². The van der Waals surface area contributed by atoms with Crippen LogP contribution < -0.4 is 10.9 Å². The number of aromatic nitrogens is 1. The molecule has 0 saturated heterocycles. The number of amides is 1. The van der Waals surface area contributed by atoms with Gasteiger partial charge in [0.25, 0.3) is 11.5 Å². The molecule has 0 aromatic carbocycles. The van der Waals surface area contributed by atoms with Crippen LogP contribution in [-0.2, 0) is 17.1 Å². The number of carbonyl (C=O) groups excluding carboxylic acids is 1. The second kappa shape index (κ2) is 5.98. The predicted octanol–water partition coefficient (Wildman–Crippen LogP) is -0.993. The van der Waals surface area contributed by atoms with Gasteiger partial charge in [0.1, 0.15) is 0 Å². The van der Waals surface area contributed by atoms with Crippen molar-refractivity contribution < 1.29 is 13.2 Å². The molecule has 7 nitrogen and oxygen atoms in total. The van der Waals surface area contributed by atoms with Gasteiger partial charge < -0.3 is 9.88 Å². The van der Waals surface area contributed by atoms with E-state index < -0.39 is 15.9 Å². The standard InChI is InChI=1S/C11H17N3O4S/c1-13(2)19(17,18)7-5-12-11(16)9-4-6-14(3)10(15)8-9/h4,6,8H,5,7H2,1-3H3,(H,12,16). The van der Waals surface area contributed by atoms with Crippen molar-refractivity contribution in [3.05, 3.63) is 34.2 Å². The molecule has 1 amide bonds. The first-order valence-corrected chi connectivity index (χ1v) is 7.20. The monoisotopic (exact) mass is 287 g/mol. The summed E-state index contributed by atoms with van der Waals surface area (Å²) in [5, 5.41) is 2.46. The molecule has 0 fully saturated rings. The van der Waals surface area contributed by atoms with E-state index >= 15 is 0 Å². The SMILES string of the molecule is CN(C)S(=O)(=O)CCNC(=O)c1ccn(C)c(=O)c1. The van der Waals surface area contributed by atoms with Crippen LogP contribution in [0.25, 0.3) is 0 Å². The zero-order valence-corrected chi connectivity index (χ0v) is 11.9. The Morgan fingerprint density at radius 2 is 2.05 bits per heavy atom. The topological polar surface area (TPSA) is 88.5 Å². The lowest BCUT2D eigenvalue weighted by atomic mass is 10.2. The Hall–Kier alpha value is -1.67. The van der Waals surface area contributed by atoms with E-state index in [0.717, 1.165) is 4.31 Å². The number of nitrogens with zero attached hydrogens (tertiary/aromatic N) is 2. The van der Waals surface area contributed by atoms with E-state index in [0.29, 0.717) is 0 Å². The summed E-state index contributed by atoms with van der Waals surface area (Å²) in [7, 11) is 1.10. The maximum atomic E-state index is 11.7. The maximum Gasteiger partial charge on any atom is 0.251 e. The molecular weight excluding hydrogens is 270 g/mol. The maximum absolute atomic E-state index is 11.7. The van der Waals surface area contributed by atoms with Crippen molar-refractivity contribution in [2.45, 2.75) is 0 Å². The molecule has 0 spiro atoms. The summed E-state index contributed by atoms with van der Waals surface area (Å²) in [5.74, 6) is -0.650. The smallest absolute Gasteiger partial charge is 0.251 e. The number of hydrogen-bond acceptors (Lipinski definition) is 4. The Labute approximate surface area is 111 Å². The molecule has 8 heteroatoms. The number of sulfonamides is 1. The van der Waals surface area contributed by atoms with E-state index in [1.54, 1.807) is 7.05 Å². The van der Waals surface area contributed by atoms with E-state index in [-0.39, 0.29) is 23.4 Å². The highest BCUT2D eigenvalue weighted by Crippen LogP contribution is 1.95. The van der Waals surface area contributed by atoms with Gasteiger partial charge in [0.05, 0.1) is 5.75 Å². The summed E-state index contributed by atoms with van der Waals surface area (Å²) >= 11 is 0. The number of carbonyl (C=O) groups is 1. The van der Waals surface area contributed by atoms with Gasteiger partial charge in [0, 0.05) is 45.5 Å². The highest BCUT2D eigenvalue weighted by molar-refractivity contribution is 7.89. The largest absolute Gasteiger partial charge is 0.351 e. The first kappa shape index (κ1) is 15.4. The Morgan fingerprint density at radius 3 is 2.58 bits per heavy atom. The summed E-state index contributed by atoms with van der Waals surface area (Å²) in [6.45, 7) is -0.00540. The average molecular weight is 287 g/mol. The molecule has 0 saturated carbocycles. The molecule has 0 aliphatic rings. The van der Waals surface area contributed by atoms with Gasteiger partial charge in [0.15, 0.2) is 0 Å². The molecule has 0 aliphatic heterocycles. The lowest BCUT2D eigenvalue weighted by Crippen LogP contribution is -2.34. The van der Waals surface area contributed by atoms with Gasteiger partial charge in [-0.25, -0.2) is 12.7 Å². The van der Waals surface area contributed by atoms with Gasteiger partial charge in [-0.3, -0.25) is 9.59 Å². The number of rotatable bonds is 5. The van der Waals surface area contributed by atoms with Crippen molar-refractivity contribution >= 4 is 15.9 Å². The molecule has 1 aromatic rings. The number of aryl methyl sites for hydroxylation is 1. The Bertz CT molecular complexity index is 619. The molecule has 1 N–H and O–H groups in total. The highest BCUT2D eigenvalue weighted by Gasteiger charge is 2.14. The summed E-state index contributed by atoms with van der Waals surface area (Å²) < 4.78 is 25.4. The first-order chi connectivity index (χ1) is 8.74. The Balaban J connectivity index is 2.62. The summed E-state index contributed by atoms with van der Waals surface area (Å²) in [6.07, 6.45) is 1.48. The average Bonchev–Trinajstić information content (AvgIpc) is 2.32. The molecule has 0 atom stereocenters. The van der Waals surface area contributed by atoms with E-state index in [1.165, 1.54) is 37.0 Å². The molecule has 0 unspecified atom stereocenters. The van der Waals surface area contributed by atoms with Crippen LogP contribution in [0.5, 0.6) is 0 Å². The van der Waals surface area contributed by atoms with Crippen molar-refractivity contribution in [3.63, 3.8) is 0 Å². The highest BCUT2D eigenvalue weighted by atomic mass is 32.2. The molecule has 1 aromatic heterocycles. The van der Waals surface area contributed by atoms with E-state index in [1.807, 2.05) is 0 Å². The van der Waals surface area contributed by atoms with Crippen LogP contribution in [0, 0.1) is 0 Å². The number of pyridine rings is 1. The third-order valence-corrected chi connectivity index (χ3v) is 4.40. The summed E-state index contributed by atoms with van der Waals surface area (Å²) in [5.41, 5.74) is -0.0843. The molecule has 0 radical (unpaired) electrons. The number of nitrogens with one attached hydrogen (secondary N) is 1. The van der Waals surface area contributed by atoms with E-state index in [2.05, 4.69) is 5.32 Å². The zero-order chi connectivity index (χ0) is 14.6. The van der Waals surface area contributed by atoms with Gasteiger partial charge >= 0.3 is 0 Å². The minimum Gasteiger partial charge on any atom is -0.351 e. The van der Waals surface area contributed by atoms with Crippen LogP contribution in [0.3, 0.4) is 0 Å². The van der Waals surface area contributed by atoms with Crippen LogP contribution in [0.2, 0.25) is 0 Å². The van der Waals surface area contributed by atoms with Crippen LogP contribution in [0.15, 0.2) is 23.1 Å². The molecule has 19 heavy (non-hydrogen) atoms.